The van der Waals surface area contributed by atoms with Gasteiger partial charge in [-0.3, -0.25) is 0 Å². The van der Waals surface area contributed by atoms with Crippen molar-refractivity contribution in [2.24, 2.45) is 0 Å². The largest absolute Gasteiger partial charge is 0.314 e. The second kappa shape index (κ2) is 5.42. The third kappa shape index (κ3) is 2.66. The first-order chi connectivity index (χ1) is 8.92. The maximum absolute atomic E-state index is 3.94. The van der Waals surface area contributed by atoms with Gasteiger partial charge in [-0.15, -0.1) is 0 Å². The van der Waals surface area contributed by atoms with E-state index in [1.807, 2.05) is 12.4 Å². The highest BCUT2D eigenvalue weighted by molar-refractivity contribution is 5.81. The number of nitrogens with zero attached hydrogens (tertiary/aromatic N) is 3. The molecule has 0 atom stereocenters. The molecule has 94 valence electrons. The molecule has 1 aliphatic heterocycles. The Balaban J connectivity index is 1.66. The SMILES string of the molecule is c1cc2cnncc2cc1CCN1CCNCC1. The maximum Gasteiger partial charge on any atom is 0.0574 e. The van der Waals surface area contributed by atoms with Gasteiger partial charge in [-0.1, -0.05) is 12.1 Å². The second-order valence-electron chi connectivity index (χ2n) is 4.79. The van der Waals surface area contributed by atoms with Crippen molar-refractivity contribution in [1.29, 1.82) is 0 Å². The number of piperazine rings is 1. The molecule has 0 aliphatic carbocycles. The Labute approximate surface area is 107 Å². The van der Waals surface area contributed by atoms with Crippen molar-refractivity contribution >= 4 is 10.8 Å². The van der Waals surface area contributed by atoms with Gasteiger partial charge in [-0.25, -0.2) is 0 Å². The van der Waals surface area contributed by atoms with Gasteiger partial charge in [0.2, 0.25) is 0 Å². The number of aromatic nitrogens is 2. The summed E-state index contributed by atoms with van der Waals surface area (Å²) in [7, 11) is 0. The Morgan fingerprint density at radius 3 is 2.67 bits per heavy atom. The number of hydrogen-bond donors (Lipinski definition) is 1. The van der Waals surface area contributed by atoms with Crippen LogP contribution in [0.5, 0.6) is 0 Å². The first kappa shape index (κ1) is 11.6. The average Bonchev–Trinajstić information content (AvgIpc) is 2.46. The van der Waals surface area contributed by atoms with E-state index in [9.17, 15) is 0 Å². The minimum absolute atomic E-state index is 1.11. The summed E-state index contributed by atoms with van der Waals surface area (Å²) in [4.78, 5) is 2.52. The lowest BCUT2D eigenvalue weighted by Gasteiger charge is -2.27. The van der Waals surface area contributed by atoms with Crippen molar-refractivity contribution in [3.05, 3.63) is 36.2 Å². The molecule has 1 saturated heterocycles. The molecule has 4 nitrogen and oxygen atoms in total. The lowest BCUT2D eigenvalue weighted by molar-refractivity contribution is 0.244. The van der Waals surface area contributed by atoms with Crippen LogP contribution in [0.4, 0.5) is 0 Å². The zero-order valence-corrected chi connectivity index (χ0v) is 10.5. The summed E-state index contributed by atoms with van der Waals surface area (Å²) in [5.74, 6) is 0. The van der Waals surface area contributed by atoms with Crippen LogP contribution in [-0.2, 0) is 6.42 Å². The summed E-state index contributed by atoms with van der Waals surface area (Å²) in [6.45, 7) is 5.71. The van der Waals surface area contributed by atoms with Gasteiger partial charge in [0.05, 0.1) is 12.4 Å². The van der Waals surface area contributed by atoms with Crippen molar-refractivity contribution in [2.75, 3.05) is 32.7 Å². The normalized spacial score (nSPS) is 17.1. The van der Waals surface area contributed by atoms with Crippen LogP contribution >= 0.6 is 0 Å². The molecule has 1 aliphatic rings. The van der Waals surface area contributed by atoms with E-state index in [1.54, 1.807) is 0 Å². The van der Waals surface area contributed by atoms with Gasteiger partial charge in [-0.2, -0.15) is 10.2 Å². The average molecular weight is 242 g/mol. The summed E-state index contributed by atoms with van der Waals surface area (Å²) in [5, 5.41) is 13.6. The molecular weight excluding hydrogens is 224 g/mol. The molecule has 4 heteroatoms. The summed E-state index contributed by atoms with van der Waals surface area (Å²) < 4.78 is 0. The monoisotopic (exact) mass is 242 g/mol. The summed E-state index contributed by atoms with van der Waals surface area (Å²) in [6, 6.07) is 6.57. The van der Waals surface area contributed by atoms with E-state index in [0.717, 1.165) is 31.4 Å². The molecule has 1 fully saturated rings. The van der Waals surface area contributed by atoms with Crippen molar-refractivity contribution < 1.29 is 0 Å². The van der Waals surface area contributed by atoms with Gasteiger partial charge in [0.1, 0.15) is 0 Å². The smallest absolute Gasteiger partial charge is 0.0574 e. The number of fused-ring (bicyclic) bond motifs is 1. The Morgan fingerprint density at radius 1 is 1.06 bits per heavy atom. The Bertz CT molecular complexity index is 520. The molecule has 0 unspecified atom stereocenters. The maximum atomic E-state index is 3.94. The molecule has 18 heavy (non-hydrogen) atoms. The molecule has 0 saturated carbocycles. The number of nitrogens with one attached hydrogen (secondary N) is 1. The van der Waals surface area contributed by atoms with Crippen molar-refractivity contribution in [3.8, 4) is 0 Å². The molecule has 3 rings (SSSR count). The van der Waals surface area contributed by atoms with Crippen molar-refractivity contribution in [3.63, 3.8) is 0 Å². The number of benzene rings is 1. The van der Waals surface area contributed by atoms with Crippen LogP contribution in [0.2, 0.25) is 0 Å². The summed E-state index contributed by atoms with van der Waals surface area (Å²) in [6.07, 6.45) is 4.76. The third-order valence-electron chi connectivity index (χ3n) is 3.54. The van der Waals surface area contributed by atoms with Crippen LogP contribution in [0.3, 0.4) is 0 Å². The van der Waals surface area contributed by atoms with Crippen LogP contribution in [0.25, 0.3) is 10.8 Å². The Kier molecular flexibility index (Phi) is 3.48. The van der Waals surface area contributed by atoms with Crippen LogP contribution < -0.4 is 5.32 Å². The molecule has 0 spiro atoms. The van der Waals surface area contributed by atoms with Gasteiger partial charge in [0.15, 0.2) is 0 Å². The van der Waals surface area contributed by atoms with E-state index < -0.39 is 0 Å². The van der Waals surface area contributed by atoms with Crippen LogP contribution in [0.15, 0.2) is 30.6 Å². The zero-order chi connectivity index (χ0) is 12.2. The third-order valence-corrected chi connectivity index (χ3v) is 3.54. The molecule has 1 N–H and O–H groups in total. The fourth-order valence-electron chi connectivity index (χ4n) is 2.42. The second-order valence-corrected chi connectivity index (χ2v) is 4.79. The Morgan fingerprint density at radius 2 is 1.83 bits per heavy atom. The molecule has 1 aromatic carbocycles. The fraction of sp³-hybridized carbons (Fsp3) is 0.429. The van der Waals surface area contributed by atoms with Gasteiger partial charge >= 0.3 is 0 Å². The Hall–Kier alpha value is -1.52. The highest BCUT2D eigenvalue weighted by atomic mass is 15.2. The van der Waals surface area contributed by atoms with E-state index in [4.69, 9.17) is 0 Å². The van der Waals surface area contributed by atoms with Crippen molar-refractivity contribution in [1.82, 2.24) is 20.4 Å². The minimum atomic E-state index is 1.11. The number of hydrogen-bond acceptors (Lipinski definition) is 4. The van der Waals surface area contributed by atoms with Crippen LogP contribution in [0.1, 0.15) is 5.56 Å². The molecule has 0 bridgehead atoms. The predicted molar refractivity (Wildman–Crippen MR) is 72.6 cm³/mol. The van der Waals surface area contributed by atoms with Gasteiger partial charge < -0.3 is 10.2 Å². The van der Waals surface area contributed by atoms with Gasteiger partial charge in [0.25, 0.3) is 0 Å². The van der Waals surface area contributed by atoms with Gasteiger partial charge in [-0.05, 0) is 18.1 Å². The molecular formula is C14H18N4. The van der Waals surface area contributed by atoms with E-state index in [0.29, 0.717) is 0 Å². The highest BCUT2D eigenvalue weighted by Gasteiger charge is 2.08. The number of rotatable bonds is 3. The molecule has 1 aromatic heterocycles. The summed E-state index contributed by atoms with van der Waals surface area (Å²) in [5.41, 5.74) is 1.38. The standard InChI is InChI=1S/C14H18N4/c1-2-13-10-16-17-11-14(13)9-12(1)3-6-18-7-4-15-5-8-18/h1-2,9-11,15H,3-8H2. The molecule has 0 amide bonds. The summed E-state index contributed by atoms with van der Waals surface area (Å²) >= 11 is 0. The zero-order valence-electron chi connectivity index (χ0n) is 10.5. The molecule has 2 aromatic rings. The van der Waals surface area contributed by atoms with Crippen LogP contribution in [-0.4, -0.2) is 47.8 Å². The first-order valence-electron chi connectivity index (χ1n) is 6.54. The molecule has 0 radical (unpaired) electrons. The molecule has 2 heterocycles. The van der Waals surface area contributed by atoms with E-state index >= 15 is 0 Å². The topological polar surface area (TPSA) is 41.1 Å². The minimum Gasteiger partial charge on any atom is -0.314 e. The van der Waals surface area contributed by atoms with Gasteiger partial charge in [0, 0.05) is 43.5 Å². The van der Waals surface area contributed by atoms with E-state index in [2.05, 4.69) is 38.6 Å². The van der Waals surface area contributed by atoms with Crippen molar-refractivity contribution in [2.45, 2.75) is 6.42 Å². The van der Waals surface area contributed by atoms with Crippen LogP contribution in [0, 0.1) is 0 Å². The highest BCUT2D eigenvalue weighted by Crippen LogP contribution is 2.14. The first-order valence-corrected chi connectivity index (χ1v) is 6.54. The lowest BCUT2D eigenvalue weighted by Crippen LogP contribution is -2.44. The fourth-order valence-corrected chi connectivity index (χ4v) is 2.42. The van der Waals surface area contributed by atoms with E-state index in [-0.39, 0.29) is 0 Å². The quantitative estimate of drug-likeness (QED) is 0.874. The lowest BCUT2D eigenvalue weighted by atomic mass is 10.1. The predicted octanol–water partition coefficient (Wildman–Crippen LogP) is 1.08. The van der Waals surface area contributed by atoms with E-state index in [1.165, 1.54) is 24.0 Å².